The Bertz CT molecular complexity index is 964. The molecule has 1 amide bonds. The molecule has 1 aliphatic rings. The molecule has 1 fully saturated rings. The van der Waals surface area contributed by atoms with Crippen molar-refractivity contribution < 1.29 is 13.2 Å². The molecule has 1 aliphatic heterocycles. The van der Waals surface area contributed by atoms with Crippen molar-refractivity contribution in [2.75, 3.05) is 11.9 Å². The first-order valence-electron chi connectivity index (χ1n) is 10.2. The van der Waals surface area contributed by atoms with Crippen LogP contribution in [0, 0.1) is 6.92 Å². The molecule has 0 bridgehead atoms. The molecule has 1 aromatic carbocycles. The quantitative estimate of drug-likeness (QED) is 0.769. The van der Waals surface area contributed by atoms with Gasteiger partial charge in [-0.3, -0.25) is 4.79 Å². The second kappa shape index (κ2) is 8.67. The molecular formula is C21H30N4O3S. The van der Waals surface area contributed by atoms with E-state index in [9.17, 15) is 13.2 Å². The lowest BCUT2D eigenvalue weighted by Crippen LogP contribution is -2.43. The van der Waals surface area contributed by atoms with E-state index in [1.165, 1.54) is 12.1 Å². The molecule has 1 aromatic heterocycles. The number of aromatic nitrogens is 2. The first-order chi connectivity index (χ1) is 13.7. The molecule has 158 valence electrons. The van der Waals surface area contributed by atoms with Crippen LogP contribution in [0.5, 0.6) is 0 Å². The van der Waals surface area contributed by atoms with Gasteiger partial charge in [0.2, 0.25) is 10.0 Å². The highest BCUT2D eigenvalue weighted by molar-refractivity contribution is 7.89. The highest BCUT2D eigenvalue weighted by Gasteiger charge is 2.32. The maximum atomic E-state index is 13.1. The minimum atomic E-state index is -3.55. The van der Waals surface area contributed by atoms with Gasteiger partial charge < -0.3 is 5.32 Å². The summed E-state index contributed by atoms with van der Waals surface area (Å²) in [5.74, 6) is 0.332. The van der Waals surface area contributed by atoms with E-state index in [0.717, 1.165) is 31.4 Å². The molecule has 3 rings (SSSR count). The van der Waals surface area contributed by atoms with Crippen LogP contribution in [0.4, 0.5) is 5.82 Å². The third-order valence-electron chi connectivity index (χ3n) is 5.36. The highest BCUT2D eigenvalue weighted by Crippen LogP contribution is 2.27. The lowest BCUT2D eigenvalue weighted by Gasteiger charge is -2.34. The van der Waals surface area contributed by atoms with Crippen molar-refractivity contribution in [3.05, 3.63) is 41.6 Å². The van der Waals surface area contributed by atoms with Crippen LogP contribution in [-0.4, -0.2) is 41.0 Å². The molecule has 1 unspecified atom stereocenters. The summed E-state index contributed by atoms with van der Waals surface area (Å²) in [5.41, 5.74) is 1.23. The molecule has 29 heavy (non-hydrogen) atoms. The van der Waals surface area contributed by atoms with E-state index >= 15 is 0 Å². The van der Waals surface area contributed by atoms with Crippen LogP contribution in [0.25, 0.3) is 0 Å². The van der Waals surface area contributed by atoms with Gasteiger partial charge in [0, 0.05) is 30.3 Å². The van der Waals surface area contributed by atoms with Crippen molar-refractivity contribution in [2.45, 2.75) is 70.4 Å². The van der Waals surface area contributed by atoms with Crippen LogP contribution in [-0.2, 0) is 10.0 Å². The van der Waals surface area contributed by atoms with E-state index < -0.39 is 10.0 Å². The molecule has 2 aromatic rings. The fourth-order valence-corrected chi connectivity index (χ4v) is 5.57. The minimum Gasteiger partial charge on any atom is -0.307 e. The zero-order chi connectivity index (χ0) is 21.2. The van der Waals surface area contributed by atoms with E-state index in [-0.39, 0.29) is 22.9 Å². The summed E-state index contributed by atoms with van der Waals surface area (Å²) >= 11 is 0. The van der Waals surface area contributed by atoms with Gasteiger partial charge in [-0.25, -0.2) is 13.1 Å². The fraction of sp³-hybridized carbons (Fsp3) is 0.524. The third-order valence-corrected chi connectivity index (χ3v) is 7.32. The second-order valence-electron chi connectivity index (χ2n) is 7.86. The summed E-state index contributed by atoms with van der Waals surface area (Å²) in [4.78, 5) is 12.9. The van der Waals surface area contributed by atoms with E-state index in [0.29, 0.717) is 17.9 Å². The van der Waals surface area contributed by atoms with Crippen LogP contribution in [0.3, 0.4) is 0 Å². The third kappa shape index (κ3) is 4.53. The van der Waals surface area contributed by atoms with Crippen LogP contribution in [0.15, 0.2) is 35.2 Å². The van der Waals surface area contributed by atoms with Gasteiger partial charge in [0.1, 0.15) is 5.82 Å². The summed E-state index contributed by atoms with van der Waals surface area (Å²) in [5, 5.41) is 7.26. The Hall–Kier alpha value is -2.19. The predicted octanol–water partition coefficient (Wildman–Crippen LogP) is 3.98. The van der Waals surface area contributed by atoms with Crippen molar-refractivity contribution in [3.63, 3.8) is 0 Å². The molecule has 2 heterocycles. The van der Waals surface area contributed by atoms with Gasteiger partial charge in [-0.05, 0) is 64.3 Å². The number of amides is 1. The second-order valence-corrected chi connectivity index (χ2v) is 9.75. The van der Waals surface area contributed by atoms with Crippen molar-refractivity contribution in [2.24, 2.45) is 0 Å². The number of piperidine rings is 1. The van der Waals surface area contributed by atoms with E-state index in [1.54, 1.807) is 21.1 Å². The molecule has 1 N–H and O–H groups in total. The monoisotopic (exact) mass is 418 g/mol. The Labute approximate surface area is 173 Å². The molecule has 1 saturated heterocycles. The Kier molecular flexibility index (Phi) is 6.43. The van der Waals surface area contributed by atoms with Crippen LogP contribution < -0.4 is 5.32 Å². The molecule has 0 aliphatic carbocycles. The SMILES string of the molecule is CCC1CCCCN1S(=O)(=O)c1ccc(C(=O)Nc2cc(C)nn2C(C)C)cc1. The first kappa shape index (κ1) is 21.5. The number of rotatable bonds is 6. The normalized spacial score (nSPS) is 18.2. The van der Waals surface area contributed by atoms with Crippen molar-refractivity contribution in [1.82, 2.24) is 14.1 Å². The summed E-state index contributed by atoms with van der Waals surface area (Å²) in [6.07, 6.45) is 3.66. The van der Waals surface area contributed by atoms with Gasteiger partial charge in [0.25, 0.3) is 5.91 Å². The lowest BCUT2D eigenvalue weighted by molar-refractivity contribution is 0.102. The van der Waals surface area contributed by atoms with E-state index in [2.05, 4.69) is 10.4 Å². The topological polar surface area (TPSA) is 84.3 Å². The zero-order valence-electron chi connectivity index (χ0n) is 17.6. The smallest absolute Gasteiger partial charge is 0.256 e. The Morgan fingerprint density at radius 3 is 2.55 bits per heavy atom. The molecule has 0 radical (unpaired) electrons. The predicted molar refractivity (Wildman–Crippen MR) is 114 cm³/mol. The van der Waals surface area contributed by atoms with E-state index in [4.69, 9.17) is 0 Å². The Morgan fingerprint density at radius 1 is 1.24 bits per heavy atom. The molecule has 1 atom stereocenters. The Morgan fingerprint density at radius 2 is 1.93 bits per heavy atom. The molecular weight excluding hydrogens is 388 g/mol. The molecule has 0 saturated carbocycles. The summed E-state index contributed by atoms with van der Waals surface area (Å²) in [7, 11) is -3.55. The number of hydrogen-bond donors (Lipinski definition) is 1. The molecule has 8 heteroatoms. The average molecular weight is 419 g/mol. The van der Waals surface area contributed by atoms with Crippen LogP contribution in [0.2, 0.25) is 0 Å². The van der Waals surface area contributed by atoms with Gasteiger partial charge in [0.15, 0.2) is 0 Å². The number of carbonyl (C=O) groups is 1. The number of benzene rings is 1. The van der Waals surface area contributed by atoms with Gasteiger partial charge in [0.05, 0.1) is 10.6 Å². The number of carbonyl (C=O) groups excluding carboxylic acids is 1. The number of nitrogens with zero attached hydrogens (tertiary/aromatic N) is 3. The summed E-state index contributed by atoms with van der Waals surface area (Å²) in [6.45, 7) is 8.44. The largest absolute Gasteiger partial charge is 0.307 e. The number of sulfonamides is 1. The van der Waals surface area contributed by atoms with Crippen molar-refractivity contribution in [3.8, 4) is 0 Å². The van der Waals surface area contributed by atoms with Crippen LogP contribution in [0.1, 0.15) is 68.5 Å². The number of anilines is 1. The number of nitrogens with one attached hydrogen (secondary N) is 1. The minimum absolute atomic E-state index is 0.0521. The molecule has 0 spiro atoms. The average Bonchev–Trinajstić information content (AvgIpc) is 3.08. The standard InChI is InChI=1S/C21H30N4O3S/c1-5-18-8-6-7-13-24(18)29(27,28)19-11-9-17(10-12-19)21(26)22-20-14-16(4)23-25(20)15(2)3/h9-12,14-15,18H,5-8,13H2,1-4H3,(H,22,26). The first-order valence-corrected chi connectivity index (χ1v) is 11.7. The number of aryl methyl sites for hydroxylation is 1. The van der Waals surface area contributed by atoms with Crippen molar-refractivity contribution in [1.29, 1.82) is 0 Å². The maximum absolute atomic E-state index is 13.1. The van der Waals surface area contributed by atoms with E-state index in [1.807, 2.05) is 33.8 Å². The highest BCUT2D eigenvalue weighted by atomic mass is 32.2. The summed E-state index contributed by atoms with van der Waals surface area (Å²) < 4.78 is 29.5. The van der Waals surface area contributed by atoms with Gasteiger partial charge in [-0.1, -0.05) is 13.3 Å². The van der Waals surface area contributed by atoms with Gasteiger partial charge >= 0.3 is 0 Å². The zero-order valence-corrected chi connectivity index (χ0v) is 18.4. The van der Waals surface area contributed by atoms with Crippen molar-refractivity contribution >= 4 is 21.7 Å². The lowest BCUT2D eigenvalue weighted by atomic mass is 10.0. The van der Waals surface area contributed by atoms with Crippen LogP contribution >= 0.6 is 0 Å². The van der Waals surface area contributed by atoms with Gasteiger partial charge in [-0.15, -0.1) is 0 Å². The molecule has 7 nitrogen and oxygen atoms in total. The van der Waals surface area contributed by atoms with Gasteiger partial charge in [-0.2, -0.15) is 9.40 Å². The summed E-state index contributed by atoms with van der Waals surface area (Å²) in [6, 6.07) is 8.16. The Balaban J connectivity index is 1.78. The fourth-order valence-electron chi connectivity index (χ4n) is 3.80. The number of hydrogen-bond acceptors (Lipinski definition) is 4. The maximum Gasteiger partial charge on any atom is 0.256 e.